The molecule has 0 bridgehead atoms. The van der Waals surface area contributed by atoms with Gasteiger partial charge in [-0.1, -0.05) is 0 Å². The number of pyridine rings is 1. The Morgan fingerprint density at radius 2 is 2.08 bits per heavy atom. The molecule has 1 aromatic rings. The molecule has 0 radical (unpaired) electrons. The molecule has 0 N–H and O–H groups in total. The van der Waals surface area contributed by atoms with Gasteiger partial charge in [0, 0.05) is 18.8 Å². The van der Waals surface area contributed by atoms with Gasteiger partial charge in [-0.3, -0.25) is 4.79 Å². The normalized spacial score (nSPS) is 15.8. The third-order valence-corrected chi connectivity index (χ3v) is 2.59. The first-order chi connectivity index (χ1) is 5.79. The highest BCUT2D eigenvalue weighted by molar-refractivity contribution is 5.26. The summed E-state index contributed by atoms with van der Waals surface area (Å²) >= 11 is 0. The second-order valence-corrected chi connectivity index (χ2v) is 3.44. The van der Waals surface area contributed by atoms with Crippen molar-refractivity contribution in [1.29, 1.82) is 0 Å². The van der Waals surface area contributed by atoms with Gasteiger partial charge in [-0.25, -0.2) is 0 Å². The molecule has 2 heteroatoms. The second-order valence-electron chi connectivity index (χ2n) is 3.44. The molecular weight excluding hydrogens is 150 g/mol. The van der Waals surface area contributed by atoms with Gasteiger partial charge in [0.05, 0.1) is 0 Å². The molecule has 0 amide bonds. The summed E-state index contributed by atoms with van der Waals surface area (Å²) in [7, 11) is 1.82. The zero-order valence-electron chi connectivity index (χ0n) is 7.34. The summed E-state index contributed by atoms with van der Waals surface area (Å²) in [6, 6.07) is 2.08. The van der Waals surface area contributed by atoms with E-state index in [1.165, 1.54) is 18.4 Å². The highest BCUT2D eigenvalue weighted by Crippen LogP contribution is 2.16. The van der Waals surface area contributed by atoms with Gasteiger partial charge in [0.2, 0.25) is 0 Å². The number of rotatable bonds is 0. The van der Waals surface area contributed by atoms with Crippen LogP contribution in [0, 0.1) is 0 Å². The quantitative estimate of drug-likeness (QED) is 0.564. The van der Waals surface area contributed by atoms with Gasteiger partial charge in [-0.05, 0) is 37.3 Å². The van der Waals surface area contributed by atoms with E-state index in [1.807, 2.05) is 13.2 Å². The third-order valence-electron chi connectivity index (χ3n) is 2.59. The summed E-state index contributed by atoms with van der Waals surface area (Å²) < 4.78 is 1.67. The summed E-state index contributed by atoms with van der Waals surface area (Å²) in [5.41, 5.74) is 2.52. The van der Waals surface area contributed by atoms with Gasteiger partial charge in [-0.15, -0.1) is 0 Å². The van der Waals surface area contributed by atoms with Crippen molar-refractivity contribution in [2.45, 2.75) is 25.7 Å². The van der Waals surface area contributed by atoms with Crippen molar-refractivity contribution in [3.05, 3.63) is 33.7 Å². The molecule has 0 saturated heterocycles. The Balaban J connectivity index is 2.62. The highest BCUT2D eigenvalue weighted by Gasteiger charge is 2.12. The van der Waals surface area contributed by atoms with E-state index in [1.54, 1.807) is 4.57 Å². The monoisotopic (exact) mass is 163 g/mol. The highest BCUT2D eigenvalue weighted by atomic mass is 16.1. The van der Waals surface area contributed by atoms with Gasteiger partial charge < -0.3 is 4.57 Å². The van der Waals surface area contributed by atoms with Gasteiger partial charge in [0.15, 0.2) is 0 Å². The van der Waals surface area contributed by atoms with Gasteiger partial charge in [0.1, 0.15) is 0 Å². The summed E-state index contributed by atoms with van der Waals surface area (Å²) in [6.07, 6.45) is 6.34. The van der Waals surface area contributed by atoms with Gasteiger partial charge in [-0.2, -0.15) is 0 Å². The summed E-state index contributed by atoms with van der Waals surface area (Å²) in [5.74, 6) is 0. The van der Waals surface area contributed by atoms with Crippen molar-refractivity contribution in [3.63, 3.8) is 0 Å². The van der Waals surface area contributed by atoms with E-state index in [0.29, 0.717) is 0 Å². The molecule has 1 aromatic heterocycles. The molecule has 0 aliphatic heterocycles. The minimum Gasteiger partial charge on any atom is -0.318 e. The molecule has 12 heavy (non-hydrogen) atoms. The maximum atomic E-state index is 11.6. The minimum atomic E-state index is 0.201. The van der Waals surface area contributed by atoms with E-state index < -0.39 is 0 Å². The number of nitrogens with zero attached hydrogens (tertiary/aromatic N) is 1. The van der Waals surface area contributed by atoms with Crippen LogP contribution in [0.4, 0.5) is 0 Å². The Morgan fingerprint density at radius 3 is 2.92 bits per heavy atom. The fourth-order valence-corrected chi connectivity index (χ4v) is 1.84. The Bertz CT molecular complexity index is 351. The number of aromatic nitrogens is 1. The Morgan fingerprint density at radius 1 is 1.33 bits per heavy atom. The van der Waals surface area contributed by atoms with Gasteiger partial charge in [0.25, 0.3) is 5.56 Å². The van der Waals surface area contributed by atoms with Crippen molar-refractivity contribution in [1.82, 2.24) is 4.57 Å². The molecule has 0 fully saturated rings. The molecule has 0 unspecified atom stereocenters. The zero-order chi connectivity index (χ0) is 8.55. The van der Waals surface area contributed by atoms with Crippen LogP contribution in [0.1, 0.15) is 24.0 Å². The first-order valence-electron chi connectivity index (χ1n) is 4.46. The molecular formula is C10H13NO. The van der Waals surface area contributed by atoms with Gasteiger partial charge >= 0.3 is 0 Å². The van der Waals surface area contributed by atoms with Crippen LogP contribution in [0.5, 0.6) is 0 Å². The summed E-state index contributed by atoms with van der Waals surface area (Å²) in [6.45, 7) is 0. The van der Waals surface area contributed by atoms with Crippen LogP contribution in [0.2, 0.25) is 0 Å². The average Bonchev–Trinajstić information content (AvgIpc) is 2.12. The maximum absolute atomic E-state index is 11.6. The van der Waals surface area contributed by atoms with Crippen molar-refractivity contribution in [2.75, 3.05) is 0 Å². The first-order valence-corrected chi connectivity index (χ1v) is 4.46. The van der Waals surface area contributed by atoms with Crippen LogP contribution >= 0.6 is 0 Å². The predicted octanol–water partition coefficient (Wildman–Crippen LogP) is 1.26. The van der Waals surface area contributed by atoms with Crippen LogP contribution in [-0.2, 0) is 19.9 Å². The Kier molecular flexibility index (Phi) is 1.75. The summed E-state index contributed by atoms with van der Waals surface area (Å²) in [4.78, 5) is 11.6. The van der Waals surface area contributed by atoms with Crippen molar-refractivity contribution in [3.8, 4) is 0 Å². The molecule has 1 heterocycles. The fraction of sp³-hybridized carbons (Fsp3) is 0.500. The first kappa shape index (κ1) is 7.59. The van der Waals surface area contributed by atoms with Crippen LogP contribution in [0.3, 0.4) is 0 Å². The average molecular weight is 163 g/mol. The fourth-order valence-electron chi connectivity index (χ4n) is 1.84. The van der Waals surface area contributed by atoms with Crippen molar-refractivity contribution in [2.24, 2.45) is 7.05 Å². The smallest absolute Gasteiger partial charge is 0.253 e. The van der Waals surface area contributed by atoms with Crippen LogP contribution in [0.25, 0.3) is 0 Å². The lowest BCUT2D eigenvalue weighted by atomic mass is 9.93. The van der Waals surface area contributed by atoms with E-state index in [4.69, 9.17) is 0 Å². The van der Waals surface area contributed by atoms with E-state index in [0.717, 1.165) is 18.4 Å². The number of hydrogen-bond acceptors (Lipinski definition) is 1. The largest absolute Gasteiger partial charge is 0.318 e. The van der Waals surface area contributed by atoms with Crippen LogP contribution in [0.15, 0.2) is 17.1 Å². The Hall–Kier alpha value is -1.05. The lowest BCUT2D eigenvalue weighted by Crippen LogP contribution is -2.24. The standard InChI is InChI=1S/C10H13NO/c1-11-7-6-8-4-2-3-5-9(8)10(11)12/h6-7H,2-5H2,1H3. The summed E-state index contributed by atoms with van der Waals surface area (Å²) in [5, 5.41) is 0. The molecule has 0 saturated carbocycles. The number of aryl methyl sites for hydroxylation is 2. The molecule has 0 atom stereocenters. The lowest BCUT2D eigenvalue weighted by molar-refractivity contribution is 0.663. The predicted molar refractivity (Wildman–Crippen MR) is 48.3 cm³/mol. The SMILES string of the molecule is Cn1ccc2c(c1=O)CCCC2. The van der Waals surface area contributed by atoms with Crippen molar-refractivity contribution < 1.29 is 0 Å². The van der Waals surface area contributed by atoms with Crippen LogP contribution < -0.4 is 5.56 Å². The molecule has 1 aliphatic rings. The van der Waals surface area contributed by atoms with E-state index in [-0.39, 0.29) is 5.56 Å². The zero-order valence-corrected chi connectivity index (χ0v) is 7.34. The minimum absolute atomic E-state index is 0.201. The number of fused-ring (bicyclic) bond motifs is 1. The van der Waals surface area contributed by atoms with Crippen LogP contribution in [-0.4, -0.2) is 4.57 Å². The number of hydrogen-bond donors (Lipinski definition) is 0. The molecule has 2 nitrogen and oxygen atoms in total. The molecule has 0 spiro atoms. The van der Waals surface area contributed by atoms with E-state index >= 15 is 0 Å². The maximum Gasteiger partial charge on any atom is 0.253 e. The van der Waals surface area contributed by atoms with E-state index in [9.17, 15) is 4.79 Å². The molecule has 1 aliphatic carbocycles. The third kappa shape index (κ3) is 1.07. The Labute approximate surface area is 71.8 Å². The molecule has 0 aromatic carbocycles. The molecule has 64 valence electrons. The molecule has 2 rings (SSSR count). The van der Waals surface area contributed by atoms with E-state index in [2.05, 4.69) is 6.07 Å². The topological polar surface area (TPSA) is 22.0 Å². The second kappa shape index (κ2) is 2.77. The lowest BCUT2D eigenvalue weighted by Gasteiger charge is -2.14. The van der Waals surface area contributed by atoms with Crippen molar-refractivity contribution >= 4 is 0 Å².